The summed E-state index contributed by atoms with van der Waals surface area (Å²) in [4.78, 5) is 17.8. The van der Waals surface area contributed by atoms with E-state index in [2.05, 4.69) is 17.2 Å². The average molecular weight is 224 g/mol. The molecule has 0 saturated heterocycles. The lowest BCUT2D eigenvalue weighted by Crippen LogP contribution is -2.34. The zero-order valence-electron chi connectivity index (χ0n) is 10.4. The lowest BCUT2D eigenvalue weighted by molar-refractivity contribution is 0.539. The molecular formula is C11H20N4O. The van der Waals surface area contributed by atoms with Crippen LogP contribution in [0, 0.1) is 5.92 Å². The maximum absolute atomic E-state index is 11.8. The predicted molar refractivity (Wildman–Crippen MR) is 65.8 cm³/mol. The van der Waals surface area contributed by atoms with Gasteiger partial charge in [0, 0.05) is 33.0 Å². The van der Waals surface area contributed by atoms with Crippen LogP contribution in [0.3, 0.4) is 0 Å². The molecule has 0 aromatic carbocycles. The molecule has 1 aromatic heterocycles. The highest BCUT2D eigenvalue weighted by atomic mass is 16.1. The first-order valence-electron chi connectivity index (χ1n) is 5.43. The smallest absolute Gasteiger partial charge is 0.293 e. The van der Waals surface area contributed by atoms with Gasteiger partial charge in [-0.3, -0.25) is 4.79 Å². The zero-order chi connectivity index (χ0) is 12.1. The monoisotopic (exact) mass is 224 g/mol. The molecule has 16 heavy (non-hydrogen) atoms. The van der Waals surface area contributed by atoms with Gasteiger partial charge in [-0.1, -0.05) is 6.92 Å². The van der Waals surface area contributed by atoms with Crippen LogP contribution in [-0.4, -0.2) is 36.7 Å². The summed E-state index contributed by atoms with van der Waals surface area (Å²) in [6, 6.07) is 0. The van der Waals surface area contributed by atoms with E-state index in [1.54, 1.807) is 24.0 Å². The summed E-state index contributed by atoms with van der Waals surface area (Å²) in [5.74, 6) is 0.981. The molecule has 1 unspecified atom stereocenters. The number of aromatic nitrogens is 2. The Kier molecular flexibility index (Phi) is 4.49. The summed E-state index contributed by atoms with van der Waals surface area (Å²) in [5, 5.41) is 3.12. The van der Waals surface area contributed by atoms with Crippen molar-refractivity contribution in [3.63, 3.8) is 0 Å². The maximum Gasteiger partial charge on any atom is 0.293 e. The molecule has 0 saturated carbocycles. The molecule has 1 rings (SSSR count). The zero-order valence-corrected chi connectivity index (χ0v) is 10.4. The van der Waals surface area contributed by atoms with E-state index in [0.29, 0.717) is 11.7 Å². The SMILES string of the molecule is CNCC(C)CN(C)c1nccn(C)c1=O. The van der Waals surface area contributed by atoms with Gasteiger partial charge in [0.1, 0.15) is 0 Å². The van der Waals surface area contributed by atoms with Crippen molar-refractivity contribution in [2.24, 2.45) is 13.0 Å². The molecule has 1 heterocycles. The Hall–Kier alpha value is -1.36. The van der Waals surface area contributed by atoms with Crippen molar-refractivity contribution in [2.45, 2.75) is 6.92 Å². The predicted octanol–water partition coefficient (Wildman–Crippen LogP) is 0.0720. The molecule has 0 aliphatic heterocycles. The standard InChI is InChI=1S/C11H20N4O/c1-9(7-12-2)8-15(4)10-11(16)14(3)6-5-13-10/h5-6,9,12H,7-8H2,1-4H3. The molecule has 90 valence electrons. The summed E-state index contributed by atoms with van der Waals surface area (Å²) in [5.41, 5.74) is -0.0540. The Balaban J connectivity index is 2.77. The molecule has 1 atom stereocenters. The van der Waals surface area contributed by atoms with Gasteiger partial charge in [-0.25, -0.2) is 4.98 Å². The Bertz CT molecular complexity index is 388. The van der Waals surface area contributed by atoms with Gasteiger partial charge >= 0.3 is 0 Å². The number of hydrogen-bond donors (Lipinski definition) is 1. The molecule has 1 aromatic rings. The van der Waals surface area contributed by atoms with Gasteiger partial charge in [-0.2, -0.15) is 0 Å². The van der Waals surface area contributed by atoms with Crippen molar-refractivity contribution in [1.29, 1.82) is 0 Å². The van der Waals surface area contributed by atoms with E-state index < -0.39 is 0 Å². The number of aryl methyl sites for hydroxylation is 1. The minimum Gasteiger partial charge on any atom is -0.355 e. The maximum atomic E-state index is 11.8. The molecule has 1 N–H and O–H groups in total. The van der Waals surface area contributed by atoms with Crippen molar-refractivity contribution in [1.82, 2.24) is 14.9 Å². The highest BCUT2D eigenvalue weighted by Crippen LogP contribution is 2.04. The summed E-state index contributed by atoms with van der Waals surface area (Å²) in [6.07, 6.45) is 3.31. The van der Waals surface area contributed by atoms with Crippen molar-refractivity contribution >= 4 is 5.82 Å². The minimum atomic E-state index is -0.0540. The van der Waals surface area contributed by atoms with Gasteiger partial charge in [-0.05, 0) is 19.5 Å². The van der Waals surface area contributed by atoms with Crippen LogP contribution in [0.15, 0.2) is 17.2 Å². The lowest BCUT2D eigenvalue weighted by atomic mass is 10.2. The molecule has 0 fully saturated rings. The summed E-state index contributed by atoms with van der Waals surface area (Å²) >= 11 is 0. The molecule has 5 heteroatoms. The van der Waals surface area contributed by atoms with Crippen molar-refractivity contribution in [3.05, 3.63) is 22.7 Å². The number of nitrogens with one attached hydrogen (secondary N) is 1. The first-order chi connectivity index (χ1) is 7.56. The largest absolute Gasteiger partial charge is 0.355 e. The Morgan fingerprint density at radius 2 is 2.31 bits per heavy atom. The van der Waals surface area contributed by atoms with Crippen LogP contribution in [0.1, 0.15) is 6.92 Å². The number of rotatable bonds is 5. The molecule has 0 aliphatic rings. The summed E-state index contributed by atoms with van der Waals surface area (Å²) in [7, 11) is 5.56. The lowest BCUT2D eigenvalue weighted by Gasteiger charge is -2.21. The van der Waals surface area contributed by atoms with Crippen LogP contribution in [-0.2, 0) is 7.05 Å². The van der Waals surface area contributed by atoms with Crippen LogP contribution < -0.4 is 15.8 Å². The second-order valence-electron chi connectivity index (χ2n) is 4.21. The first-order valence-corrected chi connectivity index (χ1v) is 5.43. The van der Waals surface area contributed by atoms with Crippen LogP contribution in [0.2, 0.25) is 0 Å². The van der Waals surface area contributed by atoms with Crippen molar-refractivity contribution < 1.29 is 0 Å². The van der Waals surface area contributed by atoms with E-state index in [0.717, 1.165) is 13.1 Å². The molecule has 0 spiro atoms. The molecule has 0 radical (unpaired) electrons. The van der Waals surface area contributed by atoms with Crippen LogP contribution >= 0.6 is 0 Å². The van der Waals surface area contributed by atoms with E-state index in [9.17, 15) is 4.79 Å². The Labute approximate surface area is 96.1 Å². The van der Waals surface area contributed by atoms with E-state index in [-0.39, 0.29) is 5.56 Å². The molecular weight excluding hydrogens is 204 g/mol. The van der Waals surface area contributed by atoms with E-state index in [4.69, 9.17) is 0 Å². The summed E-state index contributed by atoms with van der Waals surface area (Å²) in [6.45, 7) is 3.88. The summed E-state index contributed by atoms with van der Waals surface area (Å²) < 4.78 is 1.54. The van der Waals surface area contributed by atoms with E-state index in [1.807, 2.05) is 19.0 Å². The Morgan fingerprint density at radius 3 is 2.94 bits per heavy atom. The normalized spacial score (nSPS) is 12.5. The van der Waals surface area contributed by atoms with Gasteiger partial charge in [0.25, 0.3) is 5.56 Å². The highest BCUT2D eigenvalue weighted by molar-refractivity contribution is 5.34. The fraction of sp³-hybridized carbons (Fsp3) is 0.636. The minimum absolute atomic E-state index is 0.0540. The quantitative estimate of drug-likeness (QED) is 0.769. The molecule has 5 nitrogen and oxygen atoms in total. The third-order valence-electron chi connectivity index (χ3n) is 2.50. The van der Waals surface area contributed by atoms with Gasteiger partial charge in [-0.15, -0.1) is 0 Å². The number of anilines is 1. The van der Waals surface area contributed by atoms with Crippen LogP contribution in [0.4, 0.5) is 5.82 Å². The molecule has 0 bridgehead atoms. The topological polar surface area (TPSA) is 50.2 Å². The Morgan fingerprint density at radius 1 is 1.62 bits per heavy atom. The number of nitrogens with zero attached hydrogens (tertiary/aromatic N) is 3. The van der Waals surface area contributed by atoms with Gasteiger partial charge < -0.3 is 14.8 Å². The van der Waals surface area contributed by atoms with Crippen molar-refractivity contribution in [3.8, 4) is 0 Å². The number of hydrogen-bond acceptors (Lipinski definition) is 4. The average Bonchev–Trinajstić information content (AvgIpc) is 2.22. The highest BCUT2D eigenvalue weighted by Gasteiger charge is 2.11. The van der Waals surface area contributed by atoms with E-state index >= 15 is 0 Å². The van der Waals surface area contributed by atoms with Gasteiger partial charge in [0.2, 0.25) is 0 Å². The van der Waals surface area contributed by atoms with Gasteiger partial charge in [0.05, 0.1) is 0 Å². The third kappa shape index (κ3) is 3.06. The van der Waals surface area contributed by atoms with E-state index in [1.165, 1.54) is 0 Å². The molecule has 0 amide bonds. The van der Waals surface area contributed by atoms with Gasteiger partial charge in [0.15, 0.2) is 5.82 Å². The fourth-order valence-electron chi connectivity index (χ4n) is 1.71. The second kappa shape index (κ2) is 5.65. The van der Waals surface area contributed by atoms with Crippen molar-refractivity contribution in [2.75, 3.05) is 32.1 Å². The van der Waals surface area contributed by atoms with Crippen LogP contribution in [0.5, 0.6) is 0 Å². The first kappa shape index (κ1) is 12.7. The fourth-order valence-corrected chi connectivity index (χ4v) is 1.71. The van der Waals surface area contributed by atoms with Crippen LogP contribution in [0.25, 0.3) is 0 Å². The second-order valence-corrected chi connectivity index (χ2v) is 4.21. The third-order valence-corrected chi connectivity index (χ3v) is 2.50. The molecule has 0 aliphatic carbocycles.